The third-order valence-electron chi connectivity index (χ3n) is 5.51. The summed E-state index contributed by atoms with van der Waals surface area (Å²) < 4.78 is 5.23. The maximum Gasteiger partial charge on any atom is 0.182 e. The van der Waals surface area contributed by atoms with Gasteiger partial charge in [0.15, 0.2) is 5.79 Å². The molecule has 6 nitrogen and oxygen atoms in total. The quantitative estimate of drug-likeness (QED) is 0.419. The molecule has 1 aliphatic rings. The Morgan fingerprint density at radius 3 is 2.71 bits per heavy atom. The molecule has 0 radical (unpaired) electrons. The van der Waals surface area contributed by atoms with Crippen LogP contribution in [0.3, 0.4) is 0 Å². The molecule has 0 fully saturated rings. The Morgan fingerprint density at radius 1 is 1.16 bits per heavy atom. The molecule has 1 heterocycles. The molecule has 2 unspecified atom stereocenters. The smallest absolute Gasteiger partial charge is 0.182 e. The molecule has 2 atom stereocenters. The molecular weight excluding hydrogens is 386 g/mol. The zero-order valence-electron chi connectivity index (χ0n) is 18.8. The second-order valence-corrected chi connectivity index (χ2v) is 8.02. The number of nitrogens with two attached hydrogens (primary N) is 1. The van der Waals surface area contributed by atoms with Crippen molar-refractivity contribution in [2.45, 2.75) is 38.5 Å². The van der Waals surface area contributed by atoms with Crippen molar-refractivity contribution in [1.82, 2.24) is 16.0 Å². The van der Waals surface area contributed by atoms with Crippen molar-refractivity contribution in [1.29, 1.82) is 0 Å². The van der Waals surface area contributed by atoms with Crippen LogP contribution in [-0.2, 0) is 6.42 Å². The number of nitrogens with one attached hydrogen (secondary N) is 3. The van der Waals surface area contributed by atoms with E-state index in [1.807, 2.05) is 24.4 Å². The van der Waals surface area contributed by atoms with Crippen LogP contribution in [0.1, 0.15) is 43.0 Å². The summed E-state index contributed by atoms with van der Waals surface area (Å²) in [6.45, 7) is 6.68. The maximum atomic E-state index is 5.60. The average Bonchev–Trinajstić information content (AvgIpc) is 2.79. The van der Waals surface area contributed by atoms with Gasteiger partial charge < -0.3 is 21.1 Å². The van der Waals surface area contributed by atoms with E-state index in [4.69, 9.17) is 15.5 Å². The van der Waals surface area contributed by atoms with Crippen LogP contribution in [-0.4, -0.2) is 38.2 Å². The normalized spacial score (nSPS) is 18.9. The summed E-state index contributed by atoms with van der Waals surface area (Å²) in [5.74, 6) is 0.334. The molecule has 166 valence electrons. The van der Waals surface area contributed by atoms with E-state index in [0.29, 0.717) is 6.54 Å². The number of ether oxygens (including phenoxy) is 1. The van der Waals surface area contributed by atoms with Crippen LogP contribution < -0.4 is 26.4 Å². The van der Waals surface area contributed by atoms with Gasteiger partial charge in [-0.1, -0.05) is 30.3 Å². The summed E-state index contributed by atoms with van der Waals surface area (Å²) in [6.07, 6.45) is 5.89. The van der Waals surface area contributed by atoms with E-state index in [9.17, 15) is 0 Å². The van der Waals surface area contributed by atoms with Gasteiger partial charge in [-0.3, -0.25) is 5.32 Å². The molecule has 0 saturated heterocycles. The first-order valence-corrected chi connectivity index (χ1v) is 11.0. The van der Waals surface area contributed by atoms with Crippen LogP contribution in [0, 0.1) is 0 Å². The number of benzene rings is 2. The van der Waals surface area contributed by atoms with E-state index in [-0.39, 0.29) is 6.04 Å². The highest BCUT2D eigenvalue weighted by Gasteiger charge is 2.24. The minimum absolute atomic E-state index is 0.270. The molecule has 0 bridgehead atoms. The van der Waals surface area contributed by atoms with Gasteiger partial charge in [-0.15, -0.1) is 0 Å². The fourth-order valence-electron chi connectivity index (χ4n) is 3.59. The highest BCUT2D eigenvalue weighted by molar-refractivity contribution is 6.09. The Hall–Kier alpha value is -2.67. The minimum Gasteiger partial charge on any atom is -0.497 e. The van der Waals surface area contributed by atoms with Crippen LogP contribution in [0.25, 0.3) is 0 Å². The Morgan fingerprint density at radius 2 is 1.97 bits per heavy atom. The Balaban J connectivity index is 1.63. The van der Waals surface area contributed by atoms with Gasteiger partial charge in [0, 0.05) is 24.4 Å². The first-order valence-electron chi connectivity index (χ1n) is 11.0. The molecule has 2 aromatic carbocycles. The predicted molar refractivity (Wildman–Crippen MR) is 128 cm³/mol. The number of methoxy groups -OCH3 is 1. The molecule has 3 rings (SSSR count). The van der Waals surface area contributed by atoms with Crippen molar-refractivity contribution < 1.29 is 4.74 Å². The Bertz CT molecular complexity index is 893. The summed E-state index contributed by atoms with van der Waals surface area (Å²) in [7, 11) is 1.68. The van der Waals surface area contributed by atoms with E-state index in [2.05, 4.69) is 66.2 Å². The molecule has 2 aromatic rings. The SMILES string of the molecule is COc1ccc(CCNC2(C)N=C(c3cccc(C(C)NCCCN)c3)C=CN2)cc1. The van der Waals surface area contributed by atoms with Gasteiger partial charge in [0.2, 0.25) is 0 Å². The molecule has 1 aliphatic heterocycles. The topological polar surface area (TPSA) is 83.7 Å². The molecule has 6 heteroatoms. The lowest BCUT2D eigenvalue weighted by atomic mass is 10.0. The number of hydrogen-bond donors (Lipinski definition) is 4. The molecule has 0 aromatic heterocycles. The molecule has 5 N–H and O–H groups in total. The molecule has 0 amide bonds. The fraction of sp³-hybridized carbons (Fsp3) is 0.400. The van der Waals surface area contributed by atoms with Crippen molar-refractivity contribution in [3.63, 3.8) is 0 Å². The maximum absolute atomic E-state index is 5.60. The largest absolute Gasteiger partial charge is 0.497 e. The number of aliphatic imine (C=N–C) groups is 1. The highest BCUT2D eigenvalue weighted by Crippen LogP contribution is 2.18. The fourth-order valence-corrected chi connectivity index (χ4v) is 3.59. The zero-order valence-corrected chi connectivity index (χ0v) is 18.8. The molecular formula is C25H35N5O. The predicted octanol–water partition coefficient (Wildman–Crippen LogP) is 3.11. The Labute approximate surface area is 186 Å². The van der Waals surface area contributed by atoms with Crippen molar-refractivity contribution in [3.05, 3.63) is 77.5 Å². The van der Waals surface area contributed by atoms with Gasteiger partial charge in [-0.05, 0) is 75.2 Å². The standard InChI is InChI=1S/C25H35N5O/c1-19(27-15-5-14-26)21-6-4-7-22(18-21)24-13-17-29-25(2,30-24)28-16-12-20-8-10-23(31-3)11-9-20/h4,6-11,13,17-19,27-29H,5,12,14-16,26H2,1-3H3. The van der Waals surface area contributed by atoms with Gasteiger partial charge in [0.25, 0.3) is 0 Å². The first kappa shape index (κ1) is 23.0. The third-order valence-corrected chi connectivity index (χ3v) is 5.51. The lowest BCUT2D eigenvalue weighted by Gasteiger charge is -2.31. The van der Waals surface area contributed by atoms with Crippen molar-refractivity contribution in [3.8, 4) is 5.75 Å². The Kier molecular flexibility index (Phi) is 8.23. The van der Waals surface area contributed by atoms with Crippen LogP contribution in [0.2, 0.25) is 0 Å². The molecule has 0 aliphatic carbocycles. The number of hydrogen-bond acceptors (Lipinski definition) is 6. The van der Waals surface area contributed by atoms with Gasteiger partial charge in [-0.2, -0.15) is 0 Å². The van der Waals surface area contributed by atoms with Gasteiger partial charge in [0.1, 0.15) is 5.75 Å². The van der Waals surface area contributed by atoms with Crippen LogP contribution in [0.4, 0.5) is 0 Å². The van der Waals surface area contributed by atoms with Crippen LogP contribution >= 0.6 is 0 Å². The van der Waals surface area contributed by atoms with E-state index in [0.717, 1.165) is 43.0 Å². The number of nitrogens with zero attached hydrogens (tertiary/aromatic N) is 1. The average molecular weight is 422 g/mol. The van der Waals surface area contributed by atoms with Crippen molar-refractivity contribution in [2.75, 3.05) is 26.7 Å². The van der Waals surface area contributed by atoms with E-state index in [1.165, 1.54) is 11.1 Å². The summed E-state index contributed by atoms with van der Waals surface area (Å²) >= 11 is 0. The lowest BCUT2D eigenvalue weighted by molar-refractivity contribution is 0.331. The summed E-state index contributed by atoms with van der Waals surface area (Å²) in [4.78, 5) is 4.97. The second kappa shape index (κ2) is 11.1. The monoisotopic (exact) mass is 421 g/mol. The van der Waals surface area contributed by atoms with Crippen LogP contribution in [0.5, 0.6) is 5.75 Å². The minimum atomic E-state index is -0.544. The van der Waals surface area contributed by atoms with Gasteiger partial charge in [0.05, 0.1) is 12.8 Å². The van der Waals surface area contributed by atoms with E-state index >= 15 is 0 Å². The zero-order chi connectivity index (χ0) is 22.1. The lowest BCUT2D eigenvalue weighted by Crippen LogP contribution is -2.53. The molecule has 0 spiro atoms. The van der Waals surface area contributed by atoms with Gasteiger partial charge in [-0.25, -0.2) is 4.99 Å². The third kappa shape index (κ3) is 6.66. The summed E-state index contributed by atoms with van der Waals surface area (Å²) in [6, 6.07) is 17.0. The van der Waals surface area contributed by atoms with Gasteiger partial charge >= 0.3 is 0 Å². The summed E-state index contributed by atoms with van der Waals surface area (Å²) in [5, 5.41) is 10.4. The second-order valence-electron chi connectivity index (χ2n) is 8.02. The van der Waals surface area contributed by atoms with Crippen molar-refractivity contribution >= 4 is 5.71 Å². The van der Waals surface area contributed by atoms with E-state index in [1.54, 1.807) is 7.11 Å². The number of rotatable bonds is 11. The van der Waals surface area contributed by atoms with Crippen LogP contribution in [0.15, 0.2) is 65.8 Å². The highest BCUT2D eigenvalue weighted by atomic mass is 16.5. The summed E-state index contributed by atoms with van der Waals surface area (Å²) in [5.41, 5.74) is 10.2. The molecule has 31 heavy (non-hydrogen) atoms. The van der Waals surface area contributed by atoms with Crippen molar-refractivity contribution in [2.24, 2.45) is 10.7 Å². The molecule has 0 saturated carbocycles. The van der Waals surface area contributed by atoms with E-state index < -0.39 is 5.79 Å². The number of allylic oxidation sites excluding steroid dienone is 1. The first-order chi connectivity index (χ1) is 15.0.